The molecule has 0 aliphatic rings. The summed E-state index contributed by atoms with van der Waals surface area (Å²) >= 11 is 0. The van der Waals surface area contributed by atoms with Crippen LogP contribution >= 0.6 is 0 Å². The molecule has 0 aliphatic carbocycles. The van der Waals surface area contributed by atoms with Crippen LogP contribution in [0.25, 0.3) is 21.5 Å². The van der Waals surface area contributed by atoms with Gasteiger partial charge in [-0.25, -0.2) is 0 Å². The molecule has 0 spiro atoms. The summed E-state index contributed by atoms with van der Waals surface area (Å²) in [6.07, 6.45) is 0. The third kappa shape index (κ3) is 7.45. The van der Waals surface area contributed by atoms with Gasteiger partial charge < -0.3 is 9.41 Å². The van der Waals surface area contributed by atoms with Crippen LogP contribution in [0.4, 0.5) is 0 Å². The first kappa shape index (κ1) is 24.9. The van der Waals surface area contributed by atoms with Gasteiger partial charge in [-0.3, -0.25) is 0 Å². The van der Waals surface area contributed by atoms with Gasteiger partial charge in [0.15, 0.2) is 0 Å². The number of halogens is 2. The van der Waals surface area contributed by atoms with Crippen LogP contribution in [0, 0.1) is 0 Å². The van der Waals surface area contributed by atoms with E-state index in [-0.39, 0.29) is 35.3 Å². The fraction of sp³-hybridized carbons (Fsp3) is 0.100. The van der Waals surface area contributed by atoms with Crippen LogP contribution in [-0.2, 0) is 25.8 Å². The minimum Gasteiger partial charge on any atom is -1.00 e. The third-order valence-corrected chi connectivity index (χ3v) is 3.10. The second kappa shape index (κ2) is 14.0. The topological polar surface area (TPSA) is 0 Å². The molecule has 0 saturated heterocycles. The monoisotopic (exact) mass is 506 g/mol. The minimum atomic E-state index is 0. The molecule has 0 aliphatic heterocycles. The molecule has 0 bridgehead atoms. The molecule has 4 aromatic rings. The molecule has 0 atom stereocenters. The van der Waals surface area contributed by atoms with Gasteiger partial charge in [0.2, 0.25) is 0 Å². The van der Waals surface area contributed by atoms with Crippen LogP contribution in [0.1, 0.15) is 0 Å². The van der Waals surface area contributed by atoms with Crippen molar-refractivity contribution in [3.63, 3.8) is 0 Å². The molecule has 0 heterocycles. The van der Waals surface area contributed by atoms with E-state index < -0.39 is 0 Å². The predicted octanol–water partition coefficient (Wildman–Crippen LogP) is -0.0903. The van der Waals surface area contributed by atoms with E-state index in [9.17, 15) is 0 Å². The Morgan fingerprint density at radius 2 is 0.958 bits per heavy atom. The van der Waals surface area contributed by atoms with Gasteiger partial charge in [0.25, 0.3) is 0 Å². The van der Waals surface area contributed by atoms with E-state index in [1.165, 1.54) is 21.5 Å². The molecule has 0 fully saturated rings. The Balaban J connectivity index is 0. The molecular weight excluding hydrogens is 485 g/mol. The summed E-state index contributed by atoms with van der Waals surface area (Å²) in [5.41, 5.74) is 0. The third-order valence-electron chi connectivity index (χ3n) is 3.10. The summed E-state index contributed by atoms with van der Waals surface area (Å²) < 4.78 is 0. The van der Waals surface area contributed by atoms with Gasteiger partial charge in [-0.05, 0) is 0 Å². The van der Waals surface area contributed by atoms with Crippen molar-refractivity contribution < 1.29 is 35.3 Å². The van der Waals surface area contributed by atoms with E-state index >= 15 is 0 Å². The maximum Gasteiger partial charge on any atom is 4.00 e. The molecule has 122 valence electrons. The number of fused-ring (bicyclic) bond motifs is 2. The normalized spacial score (nSPS) is 8.42. The fourth-order valence-electron chi connectivity index (χ4n) is 2.14. The summed E-state index contributed by atoms with van der Waals surface area (Å²) in [4.78, 5) is 0. The van der Waals surface area contributed by atoms with E-state index in [0.717, 1.165) is 9.52 Å². The molecule has 0 nitrogen and oxygen atoms in total. The molecule has 4 aromatic carbocycles. The average Bonchev–Trinajstić information content (AvgIpc) is 3.17. The smallest absolute Gasteiger partial charge is 1.00 e. The maximum absolute atomic E-state index is 2.15. The number of hydrogen-bond acceptors (Lipinski definition) is 0. The molecule has 24 heavy (non-hydrogen) atoms. The van der Waals surface area contributed by atoms with Crippen molar-refractivity contribution in [3.05, 3.63) is 84.9 Å². The SMILES string of the molecule is C[Si]C.[F-].[F-].[Hf+4].c1ccc2[cH-]ccc2c1.c1ccc2[cH-]ccc2c1. The van der Waals surface area contributed by atoms with Gasteiger partial charge in [-0.15, -0.1) is 59.3 Å². The van der Waals surface area contributed by atoms with E-state index in [1.807, 2.05) is 0 Å². The largest absolute Gasteiger partial charge is 4.00 e. The summed E-state index contributed by atoms with van der Waals surface area (Å²) in [6, 6.07) is 29.3. The van der Waals surface area contributed by atoms with Gasteiger partial charge in [-0.2, -0.15) is 35.0 Å². The van der Waals surface area contributed by atoms with Crippen LogP contribution in [0.15, 0.2) is 84.9 Å². The Morgan fingerprint density at radius 1 is 0.625 bits per heavy atom. The molecule has 4 heteroatoms. The molecule has 0 N–H and O–H groups in total. The molecular formula is C20H20F2HfSi. The van der Waals surface area contributed by atoms with E-state index in [1.54, 1.807) is 0 Å². The average molecular weight is 505 g/mol. The second-order valence-corrected chi connectivity index (χ2v) is 5.81. The van der Waals surface area contributed by atoms with Crippen molar-refractivity contribution in [2.75, 3.05) is 0 Å². The van der Waals surface area contributed by atoms with E-state index in [4.69, 9.17) is 0 Å². The Morgan fingerprint density at radius 3 is 1.29 bits per heavy atom. The van der Waals surface area contributed by atoms with Crippen molar-refractivity contribution in [2.24, 2.45) is 0 Å². The van der Waals surface area contributed by atoms with Gasteiger partial charge in [0.05, 0.1) is 0 Å². The zero-order chi connectivity index (χ0) is 14.9. The quantitative estimate of drug-likeness (QED) is 0.232. The minimum absolute atomic E-state index is 0. The van der Waals surface area contributed by atoms with Crippen LogP contribution in [0.5, 0.6) is 0 Å². The first-order valence-corrected chi connectivity index (χ1v) is 9.14. The second-order valence-electron chi connectivity index (χ2n) is 4.81. The molecule has 0 aromatic heterocycles. The van der Waals surface area contributed by atoms with Crippen LogP contribution in [0.2, 0.25) is 13.1 Å². The van der Waals surface area contributed by atoms with Crippen molar-refractivity contribution in [1.29, 1.82) is 0 Å². The van der Waals surface area contributed by atoms with Crippen LogP contribution < -0.4 is 9.41 Å². The molecule has 0 saturated carbocycles. The van der Waals surface area contributed by atoms with Crippen molar-refractivity contribution in [1.82, 2.24) is 0 Å². The van der Waals surface area contributed by atoms with Crippen LogP contribution in [-0.4, -0.2) is 9.52 Å². The fourth-order valence-corrected chi connectivity index (χ4v) is 2.14. The molecule has 0 amide bonds. The number of hydrogen-bond donors (Lipinski definition) is 0. The van der Waals surface area contributed by atoms with Crippen molar-refractivity contribution in [3.8, 4) is 0 Å². The molecule has 2 radical (unpaired) electrons. The van der Waals surface area contributed by atoms with Crippen molar-refractivity contribution in [2.45, 2.75) is 13.1 Å². The van der Waals surface area contributed by atoms with Gasteiger partial charge in [0, 0.05) is 9.52 Å². The Labute approximate surface area is 164 Å². The standard InChI is InChI=1S/2C9H7.C2H6Si.2FH.Hf/c2*1-2-5-9-7-3-6-8(9)4-1;1-3-2;;;/h2*1-7H;1-2H3;2*1H;/q2*-1;;;;+4/p-2. The summed E-state index contributed by atoms with van der Waals surface area (Å²) in [6.45, 7) is 4.31. The van der Waals surface area contributed by atoms with Gasteiger partial charge in [-0.1, -0.05) is 25.2 Å². The van der Waals surface area contributed by atoms with Gasteiger partial charge >= 0.3 is 25.8 Å². The Hall–Kier alpha value is -1.39. The first-order valence-electron chi connectivity index (χ1n) is 7.14. The first-order chi connectivity index (χ1) is 10.3. The predicted molar refractivity (Wildman–Crippen MR) is 96.6 cm³/mol. The molecule has 4 rings (SSSR count). The Bertz CT molecular complexity index is 651. The molecule has 0 unspecified atom stereocenters. The van der Waals surface area contributed by atoms with E-state index in [0.29, 0.717) is 0 Å². The zero-order valence-corrected chi connectivity index (χ0v) is 18.4. The summed E-state index contributed by atoms with van der Waals surface area (Å²) in [5, 5.41) is 5.32. The Kier molecular flexibility index (Phi) is 14.5. The summed E-state index contributed by atoms with van der Waals surface area (Å²) in [7, 11) is 1.08. The van der Waals surface area contributed by atoms with Crippen LogP contribution in [0.3, 0.4) is 0 Å². The zero-order valence-electron chi connectivity index (χ0n) is 13.8. The summed E-state index contributed by atoms with van der Waals surface area (Å²) in [5.74, 6) is 0. The van der Waals surface area contributed by atoms with Crippen molar-refractivity contribution >= 4 is 31.1 Å². The maximum atomic E-state index is 2.15. The number of benzene rings is 2. The van der Waals surface area contributed by atoms with Gasteiger partial charge in [0.1, 0.15) is 0 Å². The number of rotatable bonds is 0. The van der Waals surface area contributed by atoms with E-state index in [2.05, 4.69) is 98.0 Å².